The lowest BCUT2D eigenvalue weighted by atomic mass is 10.1. The normalized spacial score (nSPS) is 26.7. The second-order valence-electron chi connectivity index (χ2n) is 5.56. The first-order valence-corrected chi connectivity index (χ1v) is 7.13. The van der Waals surface area contributed by atoms with Crippen LogP contribution in [0.3, 0.4) is 0 Å². The molecule has 2 aliphatic rings. The molecule has 1 N–H and O–H groups in total. The number of hydrogen-bond acceptors (Lipinski definition) is 4. The molecule has 98 valence electrons. The maximum atomic E-state index is 4.18. The van der Waals surface area contributed by atoms with E-state index in [1.165, 1.54) is 37.7 Å². The molecule has 2 aromatic rings. The number of rotatable bonds is 2. The Hall–Kier alpha value is -1.68. The van der Waals surface area contributed by atoms with Crippen LogP contribution in [0.2, 0.25) is 0 Å². The quantitative estimate of drug-likeness (QED) is 0.892. The first-order chi connectivity index (χ1) is 9.42. The van der Waals surface area contributed by atoms with E-state index in [0.717, 1.165) is 11.2 Å². The van der Waals surface area contributed by atoms with Crippen LogP contribution >= 0.6 is 0 Å². The van der Waals surface area contributed by atoms with Gasteiger partial charge in [-0.3, -0.25) is 4.90 Å². The molecule has 4 heteroatoms. The molecule has 4 nitrogen and oxygen atoms in total. The minimum absolute atomic E-state index is 0.565. The van der Waals surface area contributed by atoms with Crippen molar-refractivity contribution in [3.05, 3.63) is 30.5 Å². The fourth-order valence-electron chi connectivity index (χ4n) is 3.57. The van der Waals surface area contributed by atoms with Crippen LogP contribution in [-0.4, -0.2) is 40.3 Å². The summed E-state index contributed by atoms with van der Waals surface area (Å²) in [5.74, 6) is 0. The van der Waals surface area contributed by atoms with E-state index in [9.17, 15) is 0 Å². The van der Waals surface area contributed by atoms with Gasteiger partial charge in [0.05, 0.1) is 17.4 Å². The van der Waals surface area contributed by atoms with E-state index in [0.29, 0.717) is 12.1 Å². The zero-order valence-electron chi connectivity index (χ0n) is 10.9. The minimum atomic E-state index is 0.565. The van der Waals surface area contributed by atoms with Crippen LogP contribution in [0, 0.1) is 0 Å². The molecular weight excluding hydrogens is 236 g/mol. The lowest BCUT2D eigenvalue weighted by Gasteiger charge is -2.22. The van der Waals surface area contributed by atoms with Crippen molar-refractivity contribution < 1.29 is 0 Å². The molecule has 0 radical (unpaired) electrons. The molecule has 2 fully saturated rings. The van der Waals surface area contributed by atoms with Gasteiger partial charge in [0, 0.05) is 24.0 Å². The molecule has 19 heavy (non-hydrogen) atoms. The Balaban J connectivity index is 1.65. The van der Waals surface area contributed by atoms with Crippen LogP contribution < -0.4 is 5.32 Å². The molecular formula is C15H18N4. The fraction of sp³-hybridized carbons (Fsp3) is 0.467. The van der Waals surface area contributed by atoms with Gasteiger partial charge < -0.3 is 5.32 Å². The SMILES string of the molecule is c1ccc2c(NC3CCN4CCCC34)cnnc2c1. The van der Waals surface area contributed by atoms with Gasteiger partial charge in [-0.1, -0.05) is 18.2 Å². The Morgan fingerprint density at radius 3 is 3.11 bits per heavy atom. The maximum absolute atomic E-state index is 4.18. The van der Waals surface area contributed by atoms with E-state index < -0.39 is 0 Å². The van der Waals surface area contributed by atoms with Crippen LogP contribution in [0.4, 0.5) is 5.69 Å². The molecule has 3 heterocycles. The predicted molar refractivity (Wildman–Crippen MR) is 76.2 cm³/mol. The number of fused-ring (bicyclic) bond motifs is 2. The molecule has 0 spiro atoms. The highest BCUT2D eigenvalue weighted by atomic mass is 15.2. The summed E-state index contributed by atoms with van der Waals surface area (Å²) < 4.78 is 0. The number of nitrogens with one attached hydrogen (secondary N) is 1. The second-order valence-corrected chi connectivity index (χ2v) is 5.56. The topological polar surface area (TPSA) is 41.0 Å². The van der Waals surface area contributed by atoms with Crippen LogP contribution in [0.15, 0.2) is 30.5 Å². The van der Waals surface area contributed by atoms with Crippen molar-refractivity contribution in [2.24, 2.45) is 0 Å². The third kappa shape index (κ3) is 1.87. The highest BCUT2D eigenvalue weighted by Crippen LogP contribution is 2.31. The van der Waals surface area contributed by atoms with Crippen LogP contribution in [0.25, 0.3) is 10.9 Å². The van der Waals surface area contributed by atoms with E-state index in [4.69, 9.17) is 0 Å². The summed E-state index contributed by atoms with van der Waals surface area (Å²) in [5.41, 5.74) is 2.10. The molecule has 2 aliphatic heterocycles. The van der Waals surface area contributed by atoms with Gasteiger partial charge in [-0.05, 0) is 31.9 Å². The molecule has 0 amide bonds. The van der Waals surface area contributed by atoms with Gasteiger partial charge in [0.25, 0.3) is 0 Å². The van der Waals surface area contributed by atoms with Gasteiger partial charge in [0.1, 0.15) is 0 Å². The summed E-state index contributed by atoms with van der Waals surface area (Å²) in [7, 11) is 0. The van der Waals surface area contributed by atoms with Crippen LogP contribution in [0.1, 0.15) is 19.3 Å². The molecule has 0 aliphatic carbocycles. The molecule has 1 aromatic heterocycles. The van der Waals surface area contributed by atoms with Crippen LogP contribution in [0.5, 0.6) is 0 Å². The van der Waals surface area contributed by atoms with Crippen molar-refractivity contribution in [3.63, 3.8) is 0 Å². The number of hydrogen-bond donors (Lipinski definition) is 1. The van der Waals surface area contributed by atoms with E-state index >= 15 is 0 Å². The van der Waals surface area contributed by atoms with E-state index in [-0.39, 0.29) is 0 Å². The average molecular weight is 254 g/mol. The number of nitrogens with zero attached hydrogens (tertiary/aromatic N) is 3. The summed E-state index contributed by atoms with van der Waals surface area (Å²) in [6.07, 6.45) is 5.77. The van der Waals surface area contributed by atoms with E-state index in [1.807, 2.05) is 18.3 Å². The number of benzene rings is 1. The maximum Gasteiger partial charge on any atom is 0.0950 e. The zero-order valence-corrected chi connectivity index (χ0v) is 10.9. The summed E-state index contributed by atoms with van der Waals surface area (Å²) in [6, 6.07) is 9.49. The third-order valence-corrected chi connectivity index (χ3v) is 4.49. The van der Waals surface area contributed by atoms with Gasteiger partial charge in [-0.2, -0.15) is 10.2 Å². The van der Waals surface area contributed by atoms with Crippen molar-refractivity contribution in [1.29, 1.82) is 0 Å². The Morgan fingerprint density at radius 2 is 2.11 bits per heavy atom. The lowest BCUT2D eigenvalue weighted by molar-refractivity contribution is 0.318. The summed E-state index contributed by atoms with van der Waals surface area (Å²) >= 11 is 0. The van der Waals surface area contributed by atoms with Gasteiger partial charge in [0.2, 0.25) is 0 Å². The minimum Gasteiger partial charge on any atom is -0.379 e. The van der Waals surface area contributed by atoms with Gasteiger partial charge >= 0.3 is 0 Å². The standard InChI is InChI=1S/C15H18N4/c1-2-5-12-11(4-1)14(10-16-18-12)17-13-7-9-19-8-3-6-15(13)19/h1-2,4-5,10,13,15H,3,6-9H2,(H,17,18). The van der Waals surface area contributed by atoms with Crippen molar-refractivity contribution >= 4 is 16.6 Å². The van der Waals surface area contributed by atoms with Gasteiger partial charge in [-0.25, -0.2) is 0 Å². The monoisotopic (exact) mass is 254 g/mol. The van der Waals surface area contributed by atoms with E-state index in [1.54, 1.807) is 0 Å². The van der Waals surface area contributed by atoms with Crippen molar-refractivity contribution in [1.82, 2.24) is 15.1 Å². The Morgan fingerprint density at radius 1 is 1.16 bits per heavy atom. The molecule has 0 bridgehead atoms. The first-order valence-electron chi connectivity index (χ1n) is 7.13. The largest absolute Gasteiger partial charge is 0.379 e. The van der Waals surface area contributed by atoms with Gasteiger partial charge in [0.15, 0.2) is 0 Å². The molecule has 2 unspecified atom stereocenters. The summed E-state index contributed by atoms with van der Waals surface area (Å²) in [4.78, 5) is 2.62. The third-order valence-electron chi connectivity index (χ3n) is 4.49. The molecule has 2 saturated heterocycles. The molecule has 1 aromatic carbocycles. The number of aromatic nitrogens is 2. The Bertz CT molecular complexity index is 592. The Kier molecular flexibility index (Phi) is 2.62. The van der Waals surface area contributed by atoms with E-state index in [2.05, 4.69) is 32.5 Å². The van der Waals surface area contributed by atoms with Crippen molar-refractivity contribution in [2.45, 2.75) is 31.3 Å². The fourth-order valence-corrected chi connectivity index (χ4v) is 3.57. The zero-order chi connectivity index (χ0) is 12.7. The summed E-state index contributed by atoms with van der Waals surface area (Å²) in [6.45, 7) is 2.51. The average Bonchev–Trinajstić information content (AvgIpc) is 3.04. The van der Waals surface area contributed by atoms with Crippen molar-refractivity contribution in [2.75, 3.05) is 18.4 Å². The molecule has 4 rings (SSSR count). The van der Waals surface area contributed by atoms with Crippen LogP contribution in [-0.2, 0) is 0 Å². The highest BCUT2D eigenvalue weighted by Gasteiger charge is 2.37. The number of anilines is 1. The lowest BCUT2D eigenvalue weighted by Crippen LogP contribution is -2.33. The molecule has 0 saturated carbocycles. The molecule has 2 atom stereocenters. The predicted octanol–water partition coefficient (Wildman–Crippen LogP) is 2.28. The second kappa shape index (κ2) is 4.46. The first kappa shape index (κ1) is 11.2. The summed E-state index contributed by atoms with van der Waals surface area (Å²) in [5, 5.41) is 13.2. The van der Waals surface area contributed by atoms with Crippen molar-refractivity contribution in [3.8, 4) is 0 Å². The Labute approximate surface area is 112 Å². The smallest absolute Gasteiger partial charge is 0.0950 e. The van der Waals surface area contributed by atoms with Gasteiger partial charge in [-0.15, -0.1) is 0 Å². The highest BCUT2D eigenvalue weighted by molar-refractivity contribution is 5.90.